The number of likely N-dealkylation sites (tertiary alicyclic amines) is 1. The van der Waals surface area contributed by atoms with Gasteiger partial charge in [-0.25, -0.2) is 0 Å². The Hall–Kier alpha value is -0.870. The zero-order valence-corrected chi connectivity index (χ0v) is 10.6. The van der Waals surface area contributed by atoms with E-state index in [2.05, 4.69) is 6.58 Å². The highest BCUT2D eigenvalue weighted by Gasteiger charge is 2.26. The first-order chi connectivity index (χ1) is 8.19. The van der Waals surface area contributed by atoms with E-state index in [4.69, 9.17) is 9.84 Å². The van der Waals surface area contributed by atoms with E-state index in [1.165, 1.54) is 0 Å². The lowest BCUT2D eigenvalue weighted by atomic mass is 9.99. The maximum Gasteiger partial charge on any atom is 0.251 e. The van der Waals surface area contributed by atoms with Gasteiger partial charge in [0.2, 0.25) is 0 Å². The van der Waals surface area contributed by atoms with Gasteiger partial charge in [0, 0.05) is 19.7 Å². The molecule has 0 radical (unpaired) electrons. The van der Waals surface area contributed by atoms with Crippen molar-refractivity contribution >= 4 is 5.91 Å². The second-order valence-electron chi connectivity index (χ2n) is 4.57. The maximum atomic E-state index is 12.0. The van der Waals surface area contributed by atoms with Crippen molar-refractivity contribution in [2.24, 2.45) is 5.92 Å². The molecule has 1 aliphatic heterocycles. The van der Waals surface area contributed by atoms with E-state index in [0.29, 0.717) is 13.2 Å². The monoisotopic (exact) mass is 241 g/mol. The molecule has 1 rings (SSSR count). The zero-order chi connectivity index (χ0) is 12.7. The van der Waals surface area contributed by atoms with Crippen LogP contribution in [0.4, 0.5) is 0 Å². The normalized spacial score (nSPS) is 22.2. The number of carbonyl (C=O) groups is 1. The SMILES string of the molecule is C=CCCOC(C)C(=O)N1CCCC(CO)C1. The van der Waals surface area contributed by atoms with Gasteiger partial charge in [0.1, 0.15) is 6.10 Å². The minimum absolute atomic E-state index is 0.0345. The summed E-state index contributed by atoms with van der Waals surface area (Å²) in [5, 5.41) is 9.12. The average molecular weight is 241 g/mol. The van der Waals surface area contributed by atoms with E-state index in [1.54, 1.807) is 13.0 Å². The third kappa shape index (κ3) is 4.48. The first-order valence-electron chi connectivity index (χ1n) is 6.31. The van der Waals surface area contributed by atoms with Crippen LogP contribution < -0.4 is 0 Å². The van der Waals surface area contributed by atoms with E-state index >= 15 is 0 Å². The molecule has 1 heterocycles. The lowest BCUT2D eigenvalue weighted by Gasteiger charge is -2.33. The molecule has 0 bridgehead atoms. The molecule has 0 spiro atoms. The van der Waals surface area contributed by atoms with Crippen LogP contribution in [-0.2, 0) is 9.53 Å². The highest BCUT2D eigenvalue weighted by Crippen LogP contribution is 2.17. The number of hydrogen-bond acceptors (Lipinski definition) is 3. The lowest BCUT2D eigenvalue weighted by molar-refractivity contribution is -0.144. The maximum absolute atomic E-state index is 12.0. The van der Waals surface area contributed by atoms with Gasteiger partial charge >= 0.3 is 0 Å². The summed E-state index contributed by atoms with van der Waals surface area (Å²) in [6.07, 6.45) is 4.12. The number of carbonyl (C=O) groups excluding carboxylic acids is 1. The van der Waals surface area contributed by atoms with Crippen molar-refractivity contribution in [1.82, 2.24) is 4.90 Å². The second kappa shape index (κ2) is 7.45. The molecule has 0 aromatic heterocycles. The molecule has 2 atom stereocenters. The Morgan fingerprint density at radius 3 is 3.12 bits per heavy atom. The molecule has 98 valence electrons. The Morgan fingerprint density at radius 2 is 2.47 bits per heavy atom. The Bertz CT molecular complexity index is 255. The highest BCUT2D eigenvalue weighted by molar-refractivity contribution is 5.80. The van der Waals surface area contributed by atoms with Gasteiger partial charge in [0.25, 0.3) is 5.91 Å². The van der Waals surface area contributed by atoms with Crippen LogP contribution in [-0.4, -0.2) is 48.3 Å². The van der Waals surface area contributed by atoms with Crippen molar-refractivity contribution in [3.8, 4) is 0 Å². The molecular formula is C13H23NO3. The fourth-order valence-electron chi connectivity index (χ4n) is 2.07. The first kappa shape index (κ1) is 14.2. The molecule has 4 nitrogen and oxygen atoms in total. The van der Waals surface area contributed by atoms with Crippen molar-refractivity contribution in [2.75, 3.05) is 26.3 Å². The molecule has 1 fully saturated rings. The van der Waals surface area contributed by atoms with Crippen LogP contribution in [0.15, 0.2) is 12.7 Å². The van der Waals surface area contributed by atoms with Gasteiger partial charge in [-0.3, -0.25) is 4.79 Å². The number of rotatable bonds is 6. The fourth-order valence-corrected chi connectivity index (χ4v) is 2.07. The molecule has 1 aliphatic rings. The van der Waals surface area contributed by atoms with Crippen molar-refractivity contribution in [2.45, 2.75) is 32.3 Å². The zero-order valence-electron chi connectivity index (χ0n) is 10.6. The Kier molecular flexibility index (Phi) is 6.22. The van der Waals surface area contributed by atoms with E-state index in [0.717, 1.165) is 25.8 Å². The Morgan fingerprint density at radius 1 is 1.71 bits per heavy atom. The highest BCUT2D eigenvalue weighted by atomic mass is 16.5. The number of amides is 1. The summed E-state index contributed by atoms with van der Waals surface area (Å²) in [5.41, 5.74) is 0. The van der Waals surface area contributed by atoms with Crippen LogP contribution in [0.25, 0.3) is 0 Å². The third-order valence-corrected chi connectivity index (χ3v) is 3.13. The van der Waals surface area contributed by atoms with Gasteiger partial charge in [0.15, 0.2) is 0 Å². The Labute approximate surface area is 103 Å². The molecule has 4 heteroatoms. The van der Waals surface area contributed by atoms with Gasteiger partial charge in [-0.1, -0.05) is 6.08 Å². The van der Waals surface area contributed by atoms with Gasteiger partial charge in [-0.05, 0) is 32.1 Å². The molecule has 17 heavy (non-hydrogen) atoms. The summed E-state index contributed by atoms with van der Waals surface area (Å²) in [6, 6.07) is 0. The van der Waals surface area contributed by atoms with E-state index < -0.39 is 6.10 Å². The van der Waals surface area contributed by atoms with Crippen LogP contribution in [0.1, 0.15) is 26.2 Å². The van der Waals surface area contributed by atoms with Crippen LogP contribution in [0.2, 0.25) is 0 Å². The molecule has 1 saturated heterocycles. The van der Waals surface area contributed by atoms with Crippen molar-refractivity contribution < 1.29 is 14.6 Å². The molecule has 0 saturated carbocycles. The van der Waals surface area contributed by atoms with E-state index in [1.807, 2.05) is 4.90 Å². The molecule has 0 aromatic rings. The first-order valence-corrected chi connectivity index (χ1v) is 6.31. The largest absolute Gasteiger partial charge is 0.396 e. The number of aliphatic hydroxyl groups excluding tert-OH is 1. The van der Waals surface area contributed by atoms with Crippen molar-refractivity contribution in [3.05, 3.63) is 12.7 Å². The van der Waals surface area contributed by atoms with Crippen LogP contribution in [0, 0.1) is 5.92 Å². The average Bonchev–Trinajstić information content (AvgIpc) is 2.38. The van der Waals surface area contributed by atoms with Crippen LogP contribution in [0.3, 0.4) is 0 Å². The lowest BCUT2D eigenvalue weighted by Crippen LogP contribution is -2.45. The number of hydrogen-bond donors (Lipinski definition) is 1. The molecule has 1 N–H and O–H groups in total. The minimum Gasteiger partial charge on any atom is -0.396 e. The minimum atomic E-state index is -0.396. The molecule has 1 amide bonds. The van der Waals surface area contributed by atoms with Gasteiger partial charge in [-0.2, -0.15) is 0 Å². The summed E-state index contributed by atoms with van der Waals surface area (Å²) >= 11 is 0. The van der Waals surface area contributed by atoms with Crippen LogP contribution >= 0.6 is 0 Å². The number of ether oxygens (including phenoxy) is 1. The van der Waals surface area contributed by atoms with Crippen molar-refractivity contribution in [1.29, 1.82) is 0 Å². The van der Waals surface area contributed by atoms with E-state index in [9.17, 15) is 4.79 Å². The van der Waals surface area contributed by atoms with Crippen LogP contribution in [0.5, 0.6) is 0 Å². The predicted octanol–water partition coefficient (Wildman–Crippen LogP) is 1.20. The van der Waals surface area contributed by atoms with E-state index in [-0.39, 0.29) is 18.4 Å². The molecule has 0 aromatic carbocycles. The molecular weight excluding hydrogens is 218 g/mol. The fraction of sp³-hybridized carbons (Fsp3) is 0.769. The van der Waals surface area contributed by atoms with Gasteiger partial charge in [0.05, 0.1) is 6.61 Å². The quantitative estimate of drug-likeness (QED) is 0.561. The summed E-state index contributed by atoms with van der Waals surface area (Å²) in [6.45, 7) is 7.53. The molecule has 0 aliphatic carbocycles. The third-order valence-electron chi connectivity index (χ3n) is 3.13. The Balaban J connectivity index is 2.37. The predicted molar refractivity (Wildman–Crippen MR) is 66.6 cm³/mol. The number of piperidine rings is 1. The van der Waals surface area contributed by atoms with Crippen molar-refractivity contribution in [3.63, 3.8) is 0 Å². The summed E-state index contributed by atoms with van der Waals surface area (Å²) in [4.78, 5) is 13.9. The summed E-state index contributed by atoms with van der Waals surface area (Å²) in [5.74, 6) is 0.264. The summed E-state index contributed by atoms with van der Waals surface area (Å²) in [7, 11) is 0. The van der Waals surface area contributed by atoms with Gasteiger partial charge in [-0.15, -0.1) is 6.58 Å². The summed E-state index contributed by atoms with van der Waals surface area (Å²) < 4.78 is 5.44. The number of aliphatic hydroxyl groups is 1. The second-order valence-corrected chi connectivity index (χ2v) is 4.57. The molecule has 2 unspecified atom stereocenters. The smallest absolute Gasteiger partial charge is 0.251 e. The number of nitrogens with zero attached hydrogens (tertiary/aromatic N) is 1. The van der Waals surface area contributed by atoms with Gasteiger partial charge < -0.3 is 14.7 Å². The topological polar surface area (TPSA) is 49.8 Å². The standard InChI is InChI=1S/C13H23NO3/c1-3-4-8-17-11(2)13(16)14-7-5-6-12(9-14)10-15/h3,11-12,15H,1,4-10H2,2H3.